The lowest BCUT2D eigenvalue weighted by molar-refractivity contribution is -0.137. The van der Waals surface area contributed by atoms with Crippen molar-refractivity contribution in [2.45, 2.75) is 51.6 Å². The van der Waals surface area contributed by atoms with E-state index in [4.69, 9.17) is 10.8 Å². The fraction of sp³-hybridized carbons (Fsp3) is 0.929. The summed E-state index contributed by atoms with van der Waals surface area (Å²) in [5.74, 6) is -0.0773. The summed E-state index contributed by atoms with van der Waals surface area (Å²) in [5.41, 5.74) is 5.70. The number of nitrogens with two attached hydrogens (primary N) is 1. The number of aliphatic hydroxyl groups is 1. The molecule has 0 aliphatic carbocycles. The molecular formula is C14H28N2O4S. The fourth-order valence-corrected chi connectivity index (χ4v) is 4.48. The SMILES string of the molecule is CC(N)CCCC(C)C(=O)N(CCO)C1CCS(=O)(=O)C1. The molecule has 0 saturated carbocycles. The summed E-state index contributed by atoms with van der Waals surface area (Å²) in [6.07, 6.45) is 2.96. The van der Waals surface area contributed by atoms with Crippen LogP contribution in [0, 0.1) is 5.92 Å². The minimum Gasteiger partial charge on any atom is -0.395 e. The topological polar surface area (TPSA) is 101 Å². The first kappa shape index (κ1) is 18.4. The number of carbonyl (C=O) groups excluding carboxylic acids is 1. The van der Waals surface area contributed by atoms with Crippen LogP contribution in [-0.2, 0) is 14.6 Å². The van der Waals surface area contributed by atoms with Crippen LogP contribution in [0.15, 0.2) is 0 Å². The Labute approximate surface area is 127 Å². The third-order valence-electron chi connectivity index (χ3n) is 3.99. The van der Waals surface area contributed by atoms with Crippen molar-refractivity contribution in [1.82, 2.24) is 4.90 Å². The van der Waals surface area contributed by atoms with Crippen molar-refractivity contribution in [3.8, 4) is 0 Å². The molecule has 6 nitrogen and oxygen atoms in total. The smallest absolute Gasteiger partial charge is 0.225 e. The lowest BCUT2D eigenvalue weighted by Gasteiger charge is -2.30. The third-order valence-corrected chi connectivity index (χ3v) is 5.74. The summed E-state index contributed by atoms with van der Waals surface area (Å²) in [6, 6.07) is -0.161. The van der Waals surface area contributed by atoms with E-state index in [9.17, 15) is 13.2 Å². The molecule has 3 atom stereocenters. The van der Waals surface area contributed by atoms with Crippen LogP contribution >= 0.6 is 0 Å². The molecule has 1 aliphatic heterocycles. The summed E-state index contributed by atoms with van der Waals surface area (Å²) in [4.78, 5) is 14.1. The highest BCUT2D eigenvalue weighted by atomic mass is 32.2. The molecule has 0 aromatic rings. The van der Waals surface area contributed by atoms with E-state index in [1.165, 1.54) is 0 Å². The highest BCUT2D eigenvalue weighted by molar-refractivity contribution is 7.91. The normalized spacial score (nSPS) is 23.7. The second-order valence-corrected chi connectivity index (χ2v) is 8.35. The van der Waals surface area contributed by atoms with Crippen molar-refractivity contribution in [1.29, 1.82) is 0 Å². The van der Waals surface area contributed by atoms with E-state index in [2.05, 4.69) is 0 Å². The van der Waals surface area contributed by atoms with Crippen LogP contribution in [0.25, 0.3) is 0 Å². The Morgan fingerprint density at radius 3 is 2.52 bits per heavy atom. The predicted octanol–water partition coefficient (Wildman–Crippen LogP) is 0.148. The number of sulfone groups is 1. The van der Waals surface area contributed by atoms with Gasteiger partial charge >= 0.3 is 0 Å². The van der Waals surface area contributed by atoms with Crippen LogP contribution in [0.5, 0.6) is 0 Å². The molecule has 124 valence electrons. The van der Waals surface area contributed by atoms with Crippen LogP contribution in [0.1, 0.15) is 39.5 Å². The van der Waals surface area contributed by atoms with Crippen LogP contribution in [0.3, 0.4) is 0 Å². The summed E-state index contributed by atoms with van der Waals surface area (Å²) < 4.78 is 23.1. The molecule has 1 amide bonds. The molecule has 0 bridgehead atoms. The van der Waals surface area contributed by atoms with Gasteiger partial charge in [-0.3, -0.25) is 4.79 Å². The van der Waals surface area contributed by atoms with Crippen LogP contribution in [0.4, 0.5) is 0 Å². The molecule has 3 unspecified atom stereocenters. The van der Waals surface area contributed by atoms with E-state index in [0.29, 0.717) is 6.42 Å². The highest BCUT2D eigenvalue weighted by Crippen LogP contribution is 2.21. The Kier molecular flexibility index (Phi) is 7.09. The van der Waals surface area contributed by atoms with Crippen molar-refractivity contribution in [2.24, 2.45) is 11.7 Å². The van der Waals surface area contributed by atoms with Crippen LogP contribution in [0.2, 0.25) is 0 Å². The molecule has 1 fully saturated rings. The van der Waals surface area contributed by atoms with E-state index >= 15 is 0 Å². The summed E-state index contributed by atoms with van der Waals surface area (Å²) >= 11 is 0. The molecule has 0 aromatic carbocycles. The average Bonchev–Trinajstić information content (AvgIpc) is 2.74. The zero-order valence-corrected chi connectivity index (χ0v) is 13.8. The van der Waals surface area contributed by atoms with Crippen molar-refractivity contribution in [2.75, 3.05) is 24.7 Å². The molecule has 1 heterocycles. The lowest BCUT2D eigenvalue weighted by atomic mass is 10.00. The third kappa shape index (κ3) is 5.92. The molecule has 1 saturated heterocycles. The van der Waals surface area contributed by atoms with Crippen molar-refractivity contribution < 1.29 is 18.3 Å². The Morgan fingerprint density at radius 1 is 1.38 bits per heavy atom. The lowest BCUT2D eigenvalue weighted by Crippen LogP contribution is -2.45. The van der Waals surface area contributed by atoms with Crippen LogP contribution < -0.4 is 5.73 Å². The molecule has 0 aromatic heterocycles. The molecule has 0 radical (unpaired) electrons. The van der Waals surface area contributed by atoms with Gasteiger partial charge < -0.3 is 15.7 Å². The van der Waals surface area contributed by atoms with Crippen molar-refractivity contribution in [3.05, 3.63) is 0 Å². The maximum absolute atomic E-state index is 12.5. The van der Waals surface area contributed by atoms with Gasteiger partial charge in [-0.2, -0.15) is 0 Å². The van der Waals surface area contributed by atoms with Gasteiger partial charge in [-0.25, -0.2) is 8.42 Å². The summed E-state index contributed by atoms with van der Waals surface area (Å²) in [7, 11) is -3.04. The molecule has 21 heavy (non-hydrogen) atoms. The number of carbonyl (C=O) groups is 1. The standard InChI is InChI=1S/C14H28N2O4S/c1-11(4-3-5-12(2)15)14(18)16(7-8-17)13-6-9-21(19,20)10-13/h11-13,17H,3-10,15H2,1-2H3. The van der Waals surface area contributed by atoms with Gasteiger partial charge in [0.25, 0.3) is 0 Å². The minimum atomic E-state index is -3.04. The first-order valence-corrected chi connectivity index (χ1v) is 9.46. The number of nitrogens with zero attached hydrogens (tertiary/aromatic N) is 1. The van der Waals surface area contributed by atoms with Crippen LogP contribution in [-0.4, -0.2) is 61.1 Å². The van der Waals surface area contributed by atoms with Gasteiger partial charge in [-0.15, -0.1) is 0 Å². The quantitative estimate of drug-likeness (QED) is 0.663. The maximum Gasteiger partial charge on any atom is 0.225 e. The molecule has 1 aliphatic rings. The number of aliphatic hydroxyl groups excluding tert-OH is 1. The number of hydrogen-bond donors (Lipinski definition) is 2. The van der Waals surface area contributed by atoms with E-state index < -0.39 is 9.84 Å². The van der Waals surface area contributed by atoms with Gasteiger partial charge in [-0.1, -0.05) is 13.3 Å². The zero-order chi connectivity index (χ0) is 16.0. The van der Waals surface area contributed by atoms with E-state index in [-0.39, 0.29) is 48.6 Å². The second-order valence-electron chi connectivity index (χ2n) is 6.12. The molecule has 0 spiro atoms. The first-order chi connectivity index (χ1) is 9.76. The highest BCUT2D eigenvalue weighted by Gasteiger charge is 2.35. The van der Waals surface area contributed by atoms with Gasteiger partial charge in [0.2, 0.25) is 5.91 Å². The monoisotopic (exact) mass is 320 g/mol. The van der Waals surface area contributed by atoms with Gasteiger partial charge in [0.1, 0.15) is 0 Å². The van der Waals surface area contributed by atoms with Gasteiger partial charge in [0, 0.05) is 24.5 Å². The average molecular weight is 320 g/mol. The first-order valence-electron chi connectivity index (χ1n) is 7.64. The van der Waals surface area contributed by atoms with Gasteiger partial charge in [-0.05, 0) is 26.2 Å². The fourth-order valence-electron chi connectivity index (χ4n) is 2.75. The summed E-state index contributed by atoms with van der Waals surface area (Å²) in [6.45, 7) is 3.86. The Balaban J connectivity index is 2.60. The second kappa shape index (κ2) is 8.10. The van der Waals surface area contributed by atoms with E-state index in [0.717, 1.165) is 19.3 Å². The predicted molar refractivity (Wildman–Crippen MR) is 82.5 cm³/mol. The number of hydrogen-bond acceptors (Lipinski definition) is 5. The van der Waals surface area contributed by atoms with Crippen molar-refractivity contribution >= 4 is 15.7 Å². The Bertz CT molecular complexity index is 436. The molecular weight excluding hydrogens is 292 g/mol. The van der Waals surface area contributed by atoms with E-state index in [1.807, 2.05) is 13.8 Å². The maximum atomic E-state index is 12.5. The molecule has 1 rings (SSSR count). The molecule has 7 heteroatoms. The van der Waals surface area contributed by atoms with E-state index in [1.54, 1.807) is 4.90 Å². The zero-order valence-electron chi connectivity index (χ0n) is 13.0. The Morgan fingerprint density at radius 2 is 2.05 bits per heavy atom. The van der Waals surface area contributed by atoms with Gasteiger partial charge in [0.05, 0.1) is 18.1 Å². The number of amides is 1. The summed E-state index contributed by atoms with van der Waals surface area (Å²) in [5, 5.41) is 9.15. The largest absolute Gasteiger partial charge is 0.395 e. The number of rotatable bonds is 8. The van der Waals surface area contributed by atoms with Gasteiger partial charge in [0.15, 0.2) is 9.84 Å². The minimum absolute atomic E-state index is 0.0191. The van der Waals surface area contributed by atoms with Crippen molar-refractivity contribution in [3.63, 3.8) is 0 Å². The Hall–Kier alpha value is -0.660. The molecule has 3 N–H and O–H groups in total.